The molecule has 0 radical (unpaired) electrons. The van der Waals surface area contributed by atoms with Crippen molar-refractivity contribution < 1.29 is 9.90 Å². The van der Waals surface area contributed by atoms with Gasteiger partial charge in [0.1, 0.15) is 0 Å². The molecule has 1 aromatic rings. The highest BCUT2D eigenvalue weighted by molar-refractivity contribution is 7.99. The number of rotatable bonds is 4. The minimum Gasteiger partial charge on any atom is -0.481 e. The number of anilines is 1. The van der Waals surface area contributed by atoms with Crippen LogP contribution in [0, 0.1) is 5.92 Å². The number of hydrogen-bond donors (Lipinski definition) is 1. The third-order valence-corrected chi connectivity index (χ3v) is 4.18. The lowest BCUT2D eigenvalue weighted by Gasteiger charge is -2.21. The summed E-state index contributed by atoms with van der Waals surface area (Å²) in [7, 11) is 1.88. The van der Waals surface area contributed by atoms with Gasteiger partial charge in [-0.2, -0.15) is 0 Å². The SMILES string of the molecule is CC1CC(C)N(c2nnc(SCC(=O)O)n2C)C1. The molecule has 2 unspecified atom stereocenters. The van der Waals surface area contributed by atoms with Gasteiger partial charge in [-0.15, -0.1) is 10.2 Å². The fraction of sp³-hybridized carbons (Fsp3) is 0.727. The summed E-state index contributed by atoms with van der Waals surface area (Å²) in [4.78, 5) is 12.8. The molecule has 2 atom stereocenters. The predicted octanol–water partition coefficient (Wildman–Crippen LogP) is 1.23. The van der Waals surface area contributed by atoms with Gasteiger partial charge in [0, 0.05) is 19.6 Å². The van der Waals surface area contributed by atoms with Crippen LogP contribution in [0.4, 0.5) is 5.95 Å². The minimum absolute atomic E-state index is 0.0118. The molecule has 0 aromatic carbocycles. The molecule has 6 nitrogen and oxygen atoms in total. The van der Waals surface area contributed by atoms with E-state index in [-0.39, 0.29) is 5.75 Å². The Labute approximate surface area is 110 Å². The van der Waals surface area contributed by atoms with Crippen molar-refractivity contribution >= 4 is 23.7 Å². The largest absolute Gasteiger partial charge is 0.481 e. The molecule has 2 rings (SSSR count). The Balaban J connectivity index is 2.13. The molecule has 1 fully saturated rings. The smallest absolute Gasteiger partial charge is 0.313 e. The van der Waals surface area contributed by atoms with Crippen LogP contribution in [0.3, 0.4) is 0 Å². The molecule has 7 heteroatoms. The maximum absolute atomic E-state index is 10.6. The summed E-state index contributed by atoms with van der Waals surface area (Å²) in [6.45, 7) is 5.39. The Morgan fingerprint density at radius 3 is 2.78 bits per heavy atom. The van der Waals surface area contributed by atoms with Crippen LogP contribution in [0.15, 0.2) is 5.16 Å². The van der Waals surface area contributed by atoms with Crippen LogP contribution in [-0.4, -0.2) is 44.2 Å². The molecule has 0 amide bonds. The molecule has 1 N–H and O–H groups in total. The van der Waals surface area contributed by atoms with Crippen LogP contribution in [0.25, 0.3) is 0 Å². The molecular weight excluding hydrogens is 252 g/mol. The molecule has 0 saturated carbocycles. The molecule has 100 valence electrons. The topological polar surface area (TPSA) is 71.2 Å². The molecule has 1 saturated heterocycles. The lowest BCUT2D eigenvalue weighted by molar-refractivity contribution is -0.133. The van der Waals surface area contributed by atoms with Crippen LogP contribution >= 0.6 is 11.8 Å². The zero-order valence-electron chi connectivity index (χ0n) is 10.8. The van der Waals surface area contributed by atoms with Crippen molar-refractivity contribution in [3.8, 4) is 0 Å². The van der Waals surface area contributed by atoms with E-state index in [0.717, 1.165) is 18.9 Å². The number of carboxylic acid groups (broad SMARTS) is 1. The first-order chi connectivity index (χ1) is 8.49. The van der Waals surface area contributed by atoms with E-state index in [9.17, 15) is 4.79 Å². The second-order valence-electron chi connectivity index (χ2n) is 4.87. The van der Waals surface area contributed by atoms with E-state index >= 15 is 0 Å². The van der Waals surface area contributed by atoms with E-state index in [4.69, 9.17) is 5.11 Å². The van der Waals surface area contributed by atoms with Crippen molar-refractivity contribution in [1.82, 2.24) is 14.8 Å². The van der Waals surface area contributed by atoms with Gasteiger partial charge >= 0.3 is 5.97 Å². The van der Waals surface area contributed by atoms with Crippen molar-refractivity contribution in [2.45, 2.75) is 31.5 Å². The number of nitrogens with zero attached hydrogens (tertiary/aromatic N) is 4. The standard InChI is InChI=1S/C11H18N4O2S/c1-7-4-8(2)15(5-7)10-12-13-11(14(10)3)18-6-9(16)17/h7-8H,4-6H2,1-3H3,(H,16,17). The van der Waals surface area contributed by atoms with Crippen molar-refractivity contribution in [3.05, 3.63) is 0 Å². The molecule has 1 aromatic heterocycles. The van der Waals surface area contributed by atoms with E-state index in [1.807, 2.05) is 11.6 Å². The van der Waals surface area contributed by atoms with Gasteiger partial charge in [-0.1, -0.05) is 18.7 Å². The van der Waals surface area contributed by atoms with Crippen LogP contribution in [-0.2, 0) is 11.8 Å². The van der Waals surface area contributed by atoms with Gasteiger partial charge in [0.2, 0.25) is 5.95 Å². The first-order valence-corrected chi connectivity index (χ1v) is 6.98. The van der Waals surface area contributed by atoms with Crippen molar-refractivity contribution in [3.63, 3.8) is 0 Å². The van der Waals surface area contributed by atoms with Crippen molar-refractivity contribution in [1.29, 1.82) is 0 Å². The van der Waals surface area contributed by atoms with E-state index in [0.29, 0.717) is 17.1 Å². The molecular formula is C11H18N4O2S. The Morgan fingerprint density at radius 2 is 2.22 bits per heavy atom. The van der Waals surface area contributed by atoms with Gasteiger partial charge < -0.3 is 10.0 Å². The van der Waals surface area contributed by atoms with Crippen molar-refractivity contribution in [2.75, 3.05) is 17.2 Å². The average molecular weight is 270 g/mol. The predicted molar refractivity (Wildman–Crippen MR) is 70.0 cm³/mol. The fourth-order valence-corrected chi connectivity index (χ4v) is 3.01. The number of aromatic nitrogens is 3. The summed E-state index contributed by atoms with van der Waals surface area (Å²) < 4.78 is 1.88. The highest BCUT2D eigenvalue weighted by atomic mass is 32.2. The fourth-order valence-electron chi connectivity index (χ4n) is 2.39. The normalized spacial score (nSPS) is 23.6. The van der Waals surface area contributed by atoms with Crippen LogP contribution in [0.2, 0.25) is 0 Å². The minimum atomic E-state index is -0.840. The maximum atomic E-state index is 10.6. The average Bonchev–Trinajstić information content (AvgIpc) is 2.79. The summed E-state index contributed by atoms with van der Waals surface area (Å²) in [6.07, 6.45) is 1.16. The Morgan fingerprint density at radius 1 is 1.50 bits per heavy atom. The lowest BCUT2D eigenvalue weighted by Crippen LogP contribution is -2.29. The second-order valence-corrected chi connectivity index (χ2v) is 5.81. The van der Waals surface area contributed by atoms with E-state index < -0.39 is 5.97 Å². The second kappa shape index (κ2) is 5.17. The monoisotopic (exact) mass is 270 g/mol. The van der Waals surface area contributed by atoms with Crippen LogP contribution < -0.4 is 4.90 Å². The molecule has 1 aliphatic rings. The van der Waals surface area contributed by atoms with Crippen molar-refractivity contribution in [2.24, 2.45) is 13.0 Å². The summed E-state index contributed by atoms with van der Waals surface area (Å²) in [5, 5.41) is 17.6. The van der Waals surface area contributed by atoms with Gasteiger partial charge in [0.05, 0.1) is 5.75 Å². The third-order valence-electron chi connectivity index (χ3n) is 3.18. The number of hydrogen-bond acceptors (Lipinski definition) is 5. The number of aliphatic carboxylic acids is 1. The molecule has 2 heterocycles. The Kier molecular flexibility index (Phi) is 3.79. The molecule has 0 aliphatic carbocycles. The van der Waals surface area contributed by atoms with Gasteiger partial charge in [-0.3, -0.25) is 9.36 Å². The molecule has 18 heavy (non-hydrogen) atoms. The third kappa shape index (κ3) is 2.60. The highest BCUT2D eigenvalue weighted by Crippen LogP contribution is 2.29. The van der Waals surface area contributed by atoms with Gasteiger partial charge in [0.25, 0.3) is 0 Å². The van der Waals surface area contributed by atoms with Gasteiger partial charge in [-0.05, 0) is 19.3 Å². The van der Waals surface area contributed by atoms with E-state index in [1.165, 1.54) is 11.8 Å². The lowest BCUT2D eigenvalue weighted by atomic mass is 10.1. The zero-order chi connectivity index (χ0) is 13.3. The van der Waals surface area contributed by atoms with E-state index in [1.54, 1.807) is 0 Å². The van der Waals surface area contributed by atoms with E-state index in [2.05, 4.69) is 28.9 Å². The van der Waals surface area contributed by atoms with Gasteiger partial charge in [-0.25, -0.2) is 0 Å². The first-order valence-electron chi connectivity index (χ1n) is 5.99. The highest BCUT2D eigenvalue weighted by Gasteiger charge is 2.29. The molecule has 1 aliphatic heterocycles. The summed E-state index contributed by atoms with van der Waals surface area (Å²) >= 11 is 1.20. The summed E-state index contributed by atoms with van der Waals surface area (Å²) in [6, 6.07) is 0.459. The van der Waals surface area contributed by atoms with Gasteiger partial charge in [0.15, 0.2) is 5.16 Å². The Hall–Kier alpha value is -1.24. The number of carbonyl (C=O) groups is 1. The zero-order valence-corrected chi connectivity index (χ0v) is 11.6. The van der Waals surface area contributed by atoms with Crippen LogP contribution in [0.1, 0.15) is 20.3 Å². The Bertz CT molecular complexity index is 448. The molecule has 0 spiro atoms. The molecule has 0 bridgehead atoms. The summed E-state index contributed by atoms with van der Waals surface area (Å²) in [5.41, 5.74) is 0. The quantitative estimate of drug-likeness (QED) is 0.830. The number of thioether (sulfide) groups is 1. The maximum Gasteiger partial charge on any atom is 0.313 e. The first kappa shape index (κ1) is 13.2. The summed E-state index contributed by atoms with van der Waals surface area (Å²) in [5.74, 6) is 0.664. The van der Waals surface area contributed by atoms with Crippen LogP contribution in [0.5, 0.6) is 0 Å². The number of carboxylic acids is 1.